The van der Waals surface area contributed by atoms with E-state index in [-0.39, 0.29) is 47.8 Å². The maximum atomic E-state index is 12.5. The minimum Gasteiger partial charge on any atom is -0.375 e. The summed E-state index contributed by atoms with van der Waals surface area (Å²) in [4.78, 5) is 24.6. The van der Waals surface area contributed by atoms with E-state index >= 15 is 0 Å². The van der Waals surface area contributed by atoms with Gasteiger partial charge in [-0.3, -0.25) is 9.59 Å². The molecule has 2 saturated heterocycles. The zero-order chi connectivity index (χ0) is 18.2. The highest BCUT2D eigenvalue weighted by Crippen LogP contribution is 2.25. The second-order valence-corrected chi connectivity index (χ2v) is 9.84. The van der Waals surface area contributed by atoms with E-state index in [1.807, 2.05) is 13.8 Å². The van der Waals surface area contributed by atoms with Crippen LogP contribution >= 0.6 is 0 Å². The number of hydrazone groups is 1. The first-order valence-corrected chi connectivity index (χ1v) is 10.5. The zero-order valence-electron chi connectivity index (χ0n) is 14.7. The van der Waals surface area contributed by atoms with Crippen molar-refractivity contribution in [3.63, 3.8) is 0 Å². The molecule has 25 heavy (non-hydrogen) atoms. The highest BCUT2D eigenvalue weighted by atomic mass is 32.2. The Kier molecular flexibility index (Phi) is 4.89. The number of amides is 2. The lowest BCUT2D eigenvalue weighted by Crippen LogP contribution is -2.49. The fourth-order valence-electron chi connectivity index (χ4n) is 3.61. The molecule has 0 aromatic carbocycles. The van der Waals surface area contributed by atoms with Crippen molar-refractivity contribution in [1.82, 2.24) is 10.3 Å². The van der Waals surface area contributed by atoms with Crippen molar-refractivity contribution in [3.05, 3.63) is 0 Å². The van der Waals surface area contributed by atoms with Gasteiger partial charge in [0.25, 0.3) is 5.91 Å². The largest absolute Gasteiger partial charge is 0.375 e. The Morgan fingerprint density at radius 1 is 1.32 bits per heavy atom. The molecule has 0 saturated carbocycles. The lowest BCUT2D eigenvalue weighted by atomic mass is 9.93. The first kappa shape index (κ1) is 18.3. The first-order valence-electron chi connectivity index (χ1n) is 8.70. The van der Waals surface area contributed by atoms with E-state index in [0.717, 1.165) is 12.8 Å². The molecular weight excluding hydrogens is 346 g/mol. The fourth-order valence-corrected chi connectivity index (χ4v) is 5.30. The molecule has 0 unspecified atom stereocenters. The molecule has 2 atom stereocenters. The summed E-state index contributed by atoms with van der Waals surface area (Å²) in [6.07, 6.45) is 2.30. The minimum atomic E-state index is -3.12. The highest BCUT2D eigenvalue weighted by Gasteiger charge is 2.38. The van der Waals surface area contributed by atoms with Crippen LogP contribution in [0.5, 0.6) is 0 Å². The smallest absolute Gasteiger partial charge is 0.267 e. The molecule has 0 spiro atoms. The molecular formula is C16H25N3O5S. The summed E-state index contributed by atoms with van der Waals surface area (Å²) in [5, 5.41) is 8.40. The number of hydrogen-bond donors (Lipinski definition) is 1. The van der Waals surface area contributed by atoms with Gasteiger partial charge in [-0.05, 0) is 33.1 Å². The van der Waals surface area contributed by atoms with Gasteiger partial charge in [-0.15, -0.1) is 0 Å². The number of hydrogen-bond acceptors (Lipinski definition) is 6. The Balaban J connectivity index is 1.67. The number of carbonyl (C=O) groups excluding carboxylic acids is 2. The monoisotopic (exact) mass is 371 g/mol. The first-order chi connectivity index (χ1) is 11.7. The Bertz CT molecular complexity index is 701. The molecule has 3 aliphatic heterocycles. The molecule has 0 aromatic heterocycles. The summed E-state index contributed by atoms with van der Waals surface area (Å²) in [6.45, 7) is 4.57. The molecule has 0 radical (unpaired) electrons. The van der Waals surface area contributed by atoms with E-state index in [0.29, 0.717) is 18.7 Å². The SMILES string of the molecule is CC1(C)C[C@H](NC(=O)C2=NN([C@@H]3CCS(=O)(=O)C3)C(=O)CC2)CCO1. The average molecular weight is 371 g/mol. The second-order valence-electron chi connectivity index (χ2n) is 7.61. The van der Waals surface area contributed by atoms with Gasteiger partial charge >= 0.3 is 0 Å². The van der Waals surface area contributed by atoms with Gasteiger partial charge in [-0.1, -0.05) is 0 Å². The van der Waals surface area contributed by atoms with Gasteiger partial charge in [0, 0.05) is 25.5 Å². The van der Waals surface area contributed by atoms with Gasteiger partial charge in [0.05, 0.1) is 23.1 Å². The molecule has 3 heterocycles. The Hall–Kier alpha value is -1.48. The fraction of sp³-hybridized carbons (Fsp3) is 0.812. The van der Waals surface area contributed by atoms with Crippen molar-refractivity contribution in [2.45, 2.75) is 63.6 Å². The van der Waals surface area contributed by atoms with Crippen LogP contribution in [0.1, 0.15) is 46.0 Å². The van der Waals surface area contributed by atoms with Gasteiger partial charge in [0.1, 0.15) is 5.71 Å². The van der Waals surface area contributed by atoms with Crippen molar-refractivity contribution < 1.29 is 22.7 Å². The Morgan fingerprint density at radius 2 is 2.08 bits per heavy atom. The second kappa shape index (κ2) is 6.68. The average Bonchev–Trinajstić information content (AvgIpc) is 2.86. The van der Waals surface area contributed by atoms with Gasteiger partial charge in [-0.25, -0.2) is 13.4 Å². The van der Waals surface area contributed by atoms with Crippen molar-refractivity contribution in [3.8, 4) is 0 Å². The Morgan fingerprint density at radius 3 is 2.72 bits per heavy atom. The molecule has 8 nitrogen and oxygen atoms in total. The quantitative estimate of drug-likeness (QED) is 0.764. The van der Waals surface area contributed by atoms with E-state index in [1.165, 1.54) is 5.01 Å². The number of nitrogens with zero attached hydrogens (tertiary/aromatic N) is 2. The predicted molar refractivity (Wildman–Crippen MR) is 91.8 cm³/mol. The van der Waals surface area contributed by atoms with Crippen molar-refractivity contribution >= 4 is 27.4 Å². The number of rotatable bonds is 3. The van der Waals surface area contributed by atoms with E-state index in [9.17, 15) is 18.0 Å². The molecule has 3 rings (SSSR count). The van der Waals surface area contributed by atoms with Crippen LogP contribution in [0.25, 0.3) is 0 Å². The number of carbonyl (C=O) groups is 2. The van der Waals surface area contributed by atoms with E-state index in [2.05, 4.69) is 10.4 Å². The number of ether oxygens (including phenoxy) is 1. The van der Waals surface area contributed by atoms with Crippen LogP contribution in [0, 0.1) is 0 Å². The van der Waals surface area contributed by atoms with Crippen LogP contribution in [-0.4, -0.2) is 66.8 Å². The normalized spacial score (nSPS) is 31.5. The third kappa shape index (κ3) is 4.38. The summed E-state index contributed by atoms with van der Waals surface area (Å²) in [5.41, 5.74) is 0.0262. The standard InChI is InChI=1S/C16H25N3O5S/c1-16(2)9-11(5-7-24-16)17-15(21)13-3-4-14(20)19(18-13)12-6-8-25(22,23)10-12/h11-12H,3-10H2,1-2H3,(H,17,21)/t11-,12-/m1/s1. The zero-order valence-corrected chi connectivity index (χ0v) is 15.5. The molecule has 3 aliphatic rings. The third-order valence-corrected chi connectivity index (χ3v) is 6.66. The summed E-state index contributed by atoms with van der Waals surface area (Å²) < 4.78 is 29.0. The van der Waals surface area contributed by atoms with Gasteiger partial charge < -0.3 is 10.1 Å². The van der Waals surface area contributed by atoms with Gasteiger partial charge in [0.2, 0.25) is 5.91 Å². The van der Waals surface area contributed by atoms with Crippen molar-refractivity contribution in [2.24, 2.45) is 5.10 Å². The van der Waals surface area contributed by atoms with Crippen molar-refractivity contribution in [2.75, 3.05) is 18.1 Å². The van der Waals surface area contributed by atoms with Crippen LogP contribution in [0.15, 0.2) is 5.10 Å². The van der Waals surface area contributed by atoms with Crippen molar-refractivity contribution in [1.29, 1.82) is 0 Å². The number of nitrogens with one attached hydrogen (secondary N) is 1. The molecule has 9 heteroatoms. The lowest BCUT2D eigenvalue weighted by Gasteiger charge is -2.36. The molecule has 0 aliphatic carbocycles. The van der Waals surface area contributed by atoms with Crippen LogP contribution in [0.2, 0.25) is 0 Å². The van der Waals surface area contributed by atoms with Gasteiger partial charge in [0.15, 0.2) is 9.84 Å². The summed E-state index contributed by atoms with van der Waals surface area (Å²) in [6, 6.07) is -0.445. The van der Waals surface area contributed by atoms with Crippen LogP contribution in [-0.2, 0) is 24.2 Å². The summed E-state index contributed by atoms with van der Waals surface area (Å²) >= 11 is 0. The van der Waals surface area contributed by atoms with Crippen LogP contribution < -0.4 is 5.32 Å². The maximum absolute atomic E-state index is 12.5. The van der Waals surface area contributed by atoms with E-state index in [4.69, 9.17) is 4.74 Å². The molecule has 2 amide bonds. The lowest BCUT2D eigenvalue weighted by molar-refractivity contribution is -0.133. The predicted octanol–water partition coefficient (Wildman–Crippen LogP) is 0.226. The summed E-state index contributed by atoms with van der Waals surface area (Å²) in [7, 11) is -3.12. The number of sulfone groups is 1. The highest BCUT2D eigenvalue weighted by molar-refractivity contribution is 7.91. The molecule has 2 fully saturated rings. The molecule has 0 bridgehead atoms. The maximum Gasteiger partial charge on any atom is 0.267 e. The summed E-state index contributed by atoms with van der Waals surface area (Å²) in [5.74, 6) is -0.507. The Labute approximate surface area is 147 Å². The topological polar surface area (TPSA) is 105 Å². The van der Waals surface area contributed by atoms with E-state index in [1.54, 1.807) is 0 Å². The van der Waals surface area contributed by atoms with Crippen LogP contribution in [0.3, 0.4) is 0 Å². The van der Waals surface area contributed by atoms with Crippen LogP contribution in [0.4, 0.5) is 0 Å². The van der Waals surface area contributed by atoms with Gasteiger partial charge in [-0.2, -0.15) is 5.10 Å². The minimum absolute atomic E-state index is 0.0110. The van der Waals surface area contributed by atoms with E-state index < -0.39 is 15.9 Å². The third-order valence-electron chi connectivity index (χ3n) is 4.91. The molecule has 1 N–H and O–H groups in total. The molecule has 0 aromatic rings. The molecule has 140 valence electrons.